The van der Waals surface area contributed by atoms with Gasteiger partial charge in [0.05, 0.1) is 6.20 Å². The van der Waals surface area contributed by atoms with Crippen LogP contribution in [0.25, 0.3) is 0 Å². The van der Waals surface area contributed by atoms with Crippen molar-refractivity contribution in [1.29, 1.82) is 0 Å². The summed E-state index contributed by atoms with van der Waals surface area (Å²) in [5.41, 5.74) is 1.28. The molecule has 0 aromatic carbocycles. The molecule has 3 nitrogen and oxygen atoms in total. The van der Waals surface area contributed by atoms with E-state index < -0.39 is 0 Å². The van der Waals surface area contributed by atoms with Gasteiger partial charge in [-0.3, -0.25) is 4.68 Å². The Morgan fingerprint density at radius 1 is 1.38 bits per heavy atom. The lowest BCUT2D eigenvalue weighted by molar-refractivity contribution is 0.352. The summed E-state index contributed by atoms with van der Waals surface area (Å²) < 4.78 is 1.87. The van der Waals surface area contributed by atoms with E-state index in [0.717, 1.165) is 5.92 Å². The van der Waals surface area contributed by atoms with Crippen molar-refractivity contribution in [1.82, 2.24) is 15.1 Å². The predicted molar refractivity (Wildman–Crippen MR) is 66.2 cm³/mol. The van der Waals surface area contributed by atoms with E-state index in [1.54, 1.807) is 0 Å². The van der Waals surface area contributed by atoms with Gasteiger partial charge in [-0.1, -0.05) is 12.8 Å². The van der Waals surface area contributed by atoms with Crippen LogP contribution in [0, 0.1) is 5.92 Å². The van der Waals surface area contributed by atoms with E-state index in [-0.39, 0.29) is 0 Å². The largest absolute Gasteiger partial charge is 0.307 e. The van der Waals surface area contributed by atoms with Gasteiger partial charge in [-0.05, 0) is 32.6 Å². The summed E-state index contributed by atoms with van der Waals surface area (Å²) in [5, 5.41) is 7.92. The minimum absolute atomic E-state index is 0.407. The minimum atomic E-state index is 0.407. The summed E-state index contributed by atoms with van der Waals surface area (Å²) in [5.74, 6) is 0.874. The maximum absolute atomic E-state index is 4.22. The van der Waals surface area contributed by atoms with E-state index in [1.165, 1.54) is 31.2 Å². The summed E-state index contributed by atoms with van der Waals surface area (Å²) in [6, 6.07) is 1.03. The van der Waals surface area contributed by atoms with Crippen LogP contribution in [0.3, 0.4) is 0 Å². The Hall–Kier alpha value is -0.830. The number of nitrogens with zero attached hydrogens (tertiary/aromatic N) is 2. The summed E-state index contributed by atoms with van der Waals surface area (Å²) >= 11 is 0. The molecule has 1 aromatic heterocycles. The van der Waals surface area contributed by atoms with Gasteiger partial charge in [0.25, 0.3) is 0 Å². The highest BCUT2D eigenvalue weighted by atomic mass is 15.2. The Morgan fingerprint density at radius 2 is 2.06 bits per heavy atom. The topological polar surface area (TPSA) is 29.9 Å². The molecule has 0 spiro atoms. The normalized spacial score (nSPS) is 21.2. The van der Waals surface area contributed by atoms with Crippen molar-refractivity contribution >= 4 is 0 Å². The molecular formula is C13H23N3. The van der Waals surface area contributed by atoms with Crippen molar-refractivity contribution < 1.29 is 0 Å². The van der Waals surface area contributed by atoms with Crippen LogP contribution in [-0.2, 0) is 7.05 Å². The highest BCUT2D eigenvalue weighted by Crippen LogP contribution is 2.28. The molecule has 1 aromatic rings. The molecule has 0 aliphatic heterocycles. The van der Waals surface area contributed by atoms with Crippen LogP contribution in [0.4, 0.5) is 0 Å². The molecule has 90 valence electrons. The number of aromatic nitrogens is 2. The molecule has 1 N–H and O–H groups in total. The van der Waals surface area contributed by atoms with E-state index >= 15 is 0 Å². The Morgan fingerprint density at radius 3 is 2.62 bits per heavy atom. The smallest absolute Gasteiger partial charge is 0.0537 e. The first-order valence-corrected chi connectivity index (χ1v) is 6.41. The molecule has 0 radical (unpaired) electrons. The Bertz CT molecular complexity index is 326. The van der Waals surface area contributed by atoms with Gasteiger partial charge in [-0.15, -0.1) is 0 Å². The number of rotatable bonds is 4. The maximum Gasteiger partial charge on any atom is 0.0537 e. The third kappa shape index (κ3) is 2.64. The van der Waals surface area contributed by atoms with E-state index in [1.807, 2.05) is 17.9 Å². The maximum atomic E-state index is 4.22. The zero-order valence-electron chi connectivity index (χ0n) is 10.6. The molecule has 16 heavy (non-hydrogen) atoms. The highest BCUT2D eigenvalue weighted by Gasteiger charge is 2.22. The van der Waals surface area contributed by atoms with Gasteiger partial charge in [-0.2, -0.15) is 5.10 Å². The molecule has 1 aliphatic carbocycles. The van der Waals surface area contributed by atoms with Gasteiger partial charge in [0.2, 0.25) is 0 Å². The lowest BCUT2D eigenvalue weighted by Crippen LogP contribution is -2.34. The highest BCUT2D eigenvalue weighted by molar-refractivity contribution is 5.09. The first-order chi connectivity index (χ1) is 7.66. The number of hydrogen-bond donors (Lipinski definition) is 1. The second kappa shape index (κ2) is 5.00. The minimum Gasteiger partial charge on any atom is -0.307 e. The lowest BCUT2D eigenvalue weighted by Gasteiger charge is -2.24. The fraction of sp³-hybridized carbons (Fsp3) is 0.769. The molecule has 1 saturated carbocycles. The van der Waals surface area contributed by atoms with Gasteiger partial charge >= 0.3 is 0 Å². The third-order valence-electron chi connectivity index (χ3n) is 3.84. The van der Waals surface area contributed by atoms with E-state index in [2.05, 4.69) is 30.5 Å². The molecule has 2 rings (SSSR count). The van der Waals surface area contributed by atoms with E-state index in [4.69, 9.17) is 0 Å². The molecule has 0 saturated heterocycles. The standard InChI is InChI=1S/C13H23N3/c1-10(12-6-4-5-7-12)15-11(2)13-8-14-16(3)9-13/h8-12,15H,4-7H2,1-3H3/t10-,11?/m1/s1. The molecule has 3 heteroatoms. The second-order valence-corrected chi connectivity index (χ2v) is 5.17. The SMILES string of the molecule is CC(N[C@H](C)C1CCCC1)c1cnn(C)c1. The summed E-state index contributed by atoms with van der Waals surface area (Å²) in [6.07, 6.45) is 9.68. The fourth-order valence-electron chi connectivity index (χ4n) is 2.75. The second-order valence-electron chi connectivity index (χ2n) is 5.17. The molecule has 0 amide bonds. The van der Waals surface area contributed by atoms with Gasteiger partial charge < -0.3 is 5.32 Å². The quantitative estimate of drug-likeness (QED) is 0.847. The van der Waals surface area contributed by atoms with Crippen molar-refractivity contribution in [3.63, 3.8) is 0 Å². The molecular weight excluding hydrogens is 198 g/mol. The number of aryl methyl sites for hydroxylation is 1. The fourth-order valence-corrected chi connectivity index (χ4v) is 2.75. The van der Waals surface area contributed by atoms with Crippen molar-refractivity contribution in [2.24, 2.45) is 13.0 Å². The first kappa shape index (κ1) is 11.6. The number of nitrogens with one attached hydrogen (secondary N) is 1. The summed E-state index contributed by atoms with van der Waals surface area (Å²) in [6.45, 7) is 4.55. The van der Waals surface area contributed by atoms with Crippen LogP contribution < -0.4 is 5.32 Å². The third-order valence-corrected chi connectivity index (χ3v) is 3.84. The molecule has 0 bridgehead atoms. The zero-order chi connectivity index (χ0) is 11.5. The lowest BCUT2D eigenvalue weighted by atomic mass is 9.98. The van der Waals surface area contributed by atoms with Crippen molar-refractivity contribution in [3.05, 3.63) is 18.0 Å². The van der Waals surface area contributed by atoms with Gasteiger partial charge in [0.15, 0.2) is 0 Å². The molecule has 1 fully saturated rings. The van der Waals surface area contributed by atoms with Gasteiger partial charge in [0.1, 0.15) is 0 Å². The van der Waals surface area contributed by atoms with Crippen LogP contribution in [0.2, 0.25) is 0 Å². The van der Waals surface area contributed by atoms with Crippen molar-refractivity contribution in [2.75, 3.05) is 0 Å². The Kier molecular flexibility index (Phi) is 3.64. The monoisotopic (exact) mass is 221 g/mol. The molecule has 2 atom stereocenters. The average Bonchev–Trinajstić information content (AvgIpc) is 2.87. The van der Waals surface area contributed by atoms with Gasteiger partial charge in [0, 0.05) is 30.9 Å². The van der Waals surface area contributed by atoms with Crippen LogP contribution in [0.5, 0.6) is 0 Å². The number of hydrogen-bond acceptors (Lipinski definition) is 2. The van der Waals surface area contributed by atoms with Crippen LogP contribution in [0.15, 0.2) is 12.4 Å². The molecule has 1 unspecified atom stereocenters. The molecule has 1 aliphatic rings. The van der Waals surface area contributed by atoms with Crippen molar-refractivity contribution in [2.45, 2.75) is 51.6 Å². The molecule has 1 heterocycles. The van der Waals surface area contributed by atoms with E-state index in [0.29, 0.717) is 12.1 Å². The predicted octanol–water partition coefficient (Wildman–Crippen LogP) is 2.65. The van der Waals surface area contributed by atoms with Crippen LogP contribution in [-0.4, -0.2) is 15.8 Å². The van der Waals surface area contributed by atoms with Crippen molar-refractivity contribution in [3.8, 4) is 0 Å². The van der Waals surface area contributed by atoms with Crippen LogP contribution >= 0.6 is 0 Å². The first-order valence-electron chi connectivity index (χ1n) is 6.41. The summed E-state index contributed by atoms with van der Waals surface area (Å²) in [4.78, 5) is 0. The summed E-state index contributed by atoms with van der Waals surface area (Å²) in [7, 11) is 1.97. The zero-order valence-corrected chi connectivity index (χ0v) is 10.6. The average molecular weight is 221 g/mol. The Labute approximate surface area is 98.2 Å². The van der Waals surface area contributed by atoms with E-state index in [9.17, 15) is 0 Å². The van der Waals surface area contributed by atoms with Crippen LogP contribution in [0.1, 0.15) is 51.1 Å². The Balaban J connectivity index is 1.88. The van der Waals surface area contributed by atoms with Gasteiger partial charge in [-0.25, -0.2) is 0 Å².